The third-order valence-corrected chi connectivity index (χ3v) is 5.31. The molecule has 1 aliphatic rings. The zero-order valence-electron chi connectivity index (χ0n) is 16.3. The van der Waals surface area contributed by atoms with E-state index in [0.717, 1.165) is 56.4 Å². The lowest BCUT2D eigenvalue weighted by atomic mass is 10.1. The van der Waals surface area contributed by atoms with Gasteiger partial charge in [0.25, 0.3) is 5.91 Å². The molecule has 0 unspecified atom stereocenters. The molecule has 9 heteroatoms. The largest absolute Gasteiger partial charge is 0.379 e. The highest BCUT2D eigenvalue weighted by atomic mass is 32.1. The number of hydrogen-bond donors (Lipinski definition) is 1. The molecule has 148 valence electrons. The number of aryl methyl sites for hydroxylation is 1. The second-order valence-corrected chi connectivity index (χ2v) is 8.16. The summed E-state index contributed by atoms with van der Waals surface area (Å²) in [4.78, 5) is 15.0. The van der Waals surface area contributed by atoms with E-state index in [0.29, 0.717) is 23.3 Å². The van der Waals surface area contributed by atoms with Crippen LogP contribution >= 0.6 is 11.3 Å². The van der Waals surface area contributed by atoms with Crippen LogP contribution in [-0.4, -0.2) is 63.6 Å². The zero-order chi connectivity index (χ0) is 19.2. The summed E-state index contributed by atoms with van der Waals surface area (Å²) in [6.07, 6.45) is 1.69. The topological polar surface area (TPSA) is 85.2 Å². The van der Waals surface area contributed by atoms with Crippen molar-refractivity contribution >= 4 is 22.4 Å². The average Bonchev–Trinajstić information content (AvgIpc) is 3.27. The SMILES string of the molecule is CCn1nc(CC(C)C)cc1C(=O)Nc1nnc(CCN2CCOCC2)s1. The van der Waals surface area contributed by atoms with Crippen molar-refractivity contribution < 1.29 is 9.53 Å². The highest BCUT2D eigenvalue weighted by molar-refractivity contribution is 7.15. The molecule has 0 radical (unpaired) electrons. The number of aromatic nitrogens is 4. The summed E-state index contributed by atoms with van der Waals surface area (Å²) in [5.41, 5.74) is 1.51. The normalized spacial score (nSPS) is 15.4. The number of amides is 1. The van der Waals surface area contributed by atoms with Crippen molar-refractivity contribution in [1.29, 1.82) is 0 Å². The smallest absolute Gasteiger partial charge is 0.275 e. The third kappa shape index (κ3) is 5.57. The summed E-state index contributed by atoms with van der Waals surface area (Å²) >= 11 is 1.43. The van der Waals surface area contributed by atoms with Crippen LogP contribution in [0, 0.1) is 5.92 Å². The summed E-state index contributed by atoms with van der Waals surface area (Å²) in [5.74, 6) is 0.313. The van der Waals surface area contributed by atoms with Gasteiger partial charge < -0.3 is 4.74 Å². The van der Waals surface area contributed by atoms with Crippen molar-refractivity contribution in [2.75, 3.05) is 38.2 Å². The first-order valence-corrected chi connectivity index (χ1v) is 10.4. The van der Waals surface area contributed by atoms with Crippen molar-refractivity contribution in [2.24, 2.45) is 5.92 Å². The minimum absolute atomic E-state index is 0.185. The molecule has 2 aromatic rings. The van der Waals surface area contributed by atoms with E-state index in [4.69, 9.17) is 4.74 Å². The molecule has 0 aromatic carbocycles. The van der Waals surface area contributed by atoms with Gasteiger partial charge in [-0.1, -0.05) is 25.2 Å². The van der Waals surface area contributed by atoms with E-state index in [1.54, 1.807) is 4.68 Å². The first-order valence-electron chi connectivity index (χ1n) is 9.55. The molecule has 2 aromatic heterocycles. The molecule has 0 spiro atoms. The molecule has 8 nitrogen and oxygen atoms in total. The molecule has 0 aliphatic carbocycles. The predicted octanol–water partition coefficient (Wildman–Crippen LogP) is 2.08. The Hall–Kier alpha value is -1.84. The van der Waals surface area contributed by atoms with Gasteiger partial charge in [-0.05, 0) is 25.3 Å². The van der Waals surface area contributed by atoms with E-state index in [1.165, 1.54) is 11.3 Å². The molecule has 27 heavy (non-hydrogen) atoms. The number of hydrogen-bond acceptors (Lipinski definition) is 7. The number of rotatable bonds is 8. The number of nitrogens with zero attached hydrogens (tertiary/aromatic N) is 5. The summed E-state index contributed by atoms with van der Waals surface area (Å²) in [5, 5.41) is 17.2. The second kappa shape index (κ2) is 9.38. The molecule has 0 saturated carbocycles. The van der Waals surface area contributed by atoms with Crippen LogP contribution in [0.2, 0.25) is 0 Å². The van der Waals surface area contributed by atoms with Crippen LogP contribution in [0.1, 0.15) is 42.0 Å². The Morgan fingerprint density at radius 3 is 2.81 bits per heavy atom. The Morgan fingerprint density at radius 2 is 2.11 bits per heavy atom. The van der Waals surface area contributed by atoms with Crippen LogP contribution in [0.4, 0.5) is 5.13 Å². The number of anilines is 1. The van der Waals surface area contributed by atoms with Crippen molar-refractivity contribution in [3.63, 3.8) is 0 Å². The van der Waals surface area contributed by atoms with E-state index in [2.05, 4.69) is 39.4 Å². The molecule has 1 amide bonds. The van der Waals surface area contributed by atoms with Gasteiger partial charge in [-0.15, -0.1) is 10.2 Å². The molecule has 1 fully saturated rings. The minimum atomic E-state index is -0.185. The standard InChI is InChI=1S/C18H28N6O2S/c1-4-24-15(12-14(22-24)11-13(2)3)17(25)19-18-21-20-16(27-18)5-6-23-7-9-26-10-8-23/h12-13H,4-11H2,1-3H3,(H,19,21,25). The van der Waals surface area contributed by atoms with Gasteiger partial charge in [0.1, 0.15) is 10.7 Å². The van der Waals surface area contributed by atoms with Gasteiger partial charge in [0.2, 0.25) is 5.13 Å². The molecule has 1 aliphatic heterocycles. The monoisotopic (exact) mass is 392 g/mol. The van der Waals surface area contributed by atoms with Gasteiger partial charge in [-0.25, -0.2) is 0 Å². The van der Waals surface area contributed by atoms with Crippen LogP contribution in [0.5, 0.6) is 0 Å². The van der Waals surface area contributed by atoms with Gasteiger partial charge in [0.05, 0.1) is 18.9 Å². The lowest BCUT2D eigenvalue weighted by Gasteiger charge is -2.25. The zero-order valence-corrected chi connectivity index (χ0v) is 17.1. The predicted molar refractivity (Wildman–Crippen MR) is 105 cm³/mol. The number of carbonyl (C=O) groups excluding carboxylic acids is 1. The fraction of sp³-hybridized carbons (Fsp3) is 0.667. The van der Waals surface area contributed by atoms with Crippen LogP contribution in [0.15, 0.2) is 6.07 Å². The van der Waals surface area contributed by atoms with Crippen molar-refractivity contribution in [2.45, 2.75) is 40.2 Å². The minimum Gasteiger partial charge on any atom is -0.379 e. The van der Waals surface area contributed by atoms with E-state index >= 15 is 0 Å². The van der Waals surface area contributed by atoms with Gasteiger partial charge in [0.15, 0.2) is 0 Å². The average molecular weight is 393 g/mol. The Balaban J connectivity index is 1.58. The van der Waals surface area contributed by atoms with Crippen molar-refractivity contribution in [3.05, 3.63) is 22.5 Å². The Morgan fingerprint density at radius 1 is 1.33 bits per heavy atom. The number of nitrogens with one attached hydrogen (secondary N) is 1. The highest BCUT2D eigenvalue weighted by Crippen LogP contribution is 2.18. The van der Waals surface area contributed by atoms with Crippen molar-refractivity contribution in [1.82, 2.24) is 24.9 Å². The molecule has 0 bridgehead atoms. The van der Waals surface area contributed by atoms with E-state index in [-0.39, 0.29) is 5.91 Å². The molecular weight excluding hydrogens is 364 g/mol. The first kappa shape index (κ1) is 19.9. The lowest BCUT2D eigenvalue weighted by Crippen LogP contribution is -2.37. The van der Waals surface area contributed by atoms with Crippen LogP contribution in [0.25, 0.3) is 0 Å². The number of carbonyl (C=O) groups is 1. The van der Waals surface area contributed by atoms with Gasteiger partial charge in [0, 0.05) is 32.6 Å². The van der Waals surface area contributed by atoms with E-state index < -0.39 is 0 Å². The van der Waals surface area contributed by atoms with Gasteiger partial charge >= 0.3 is 0 Å². The molecule has 1 N–H and O–H groups in total. The van der Waals surface area contributed by atoms with Crippen LogP contribution < -0.4 is 5.32 Å². The lowest BCUT2D eigenvalue weighted by molar-refractivity contribution is 0.0384. The summed E-state index contributed by atoms with van der Waals surface area (Å²) in [6, 6.07) is 1.87. The summed E-state index contributed by atoms with van der Waals surface area (Å²) in [7, 11) is 0. The molecular formula is C18H28N6O2S. The third-order valence-electron chi connectivity index (χ3n) is 4.41. The van der Waals surface area contributed by atoms with Crippen LogP contribution in [-0.2, 0) is 24.1 Å². The Kier molecular flexibility index (Phi) is 6.92. The quantitative estimate of drug-likeness (QED) is 0.740. The molecule has 3 heterocycles. The van der Waals surface area contributed by atoms with E-state index in [1.807, 2.05) is 13.0 Å². The molecule has 3 rings (SSSR count). The maximum Gasteiger partial charge on any atom is 0.275 e. The maximum atomic E-state index is 12.7. The Labute approximate surface area is 163 Å². The second-order valence-electron chi connectivity index (χ2n) is 7.09. The van der Waals surface area contributed by atoms with E-state index in [9.17, 15) is 4.79 Å². The fourth-order valence-corrected chi connectivity index (χ4v) is 3.78. The summed E-state index contributed by atoms with van der Waals surface area (Å²) in [6.45, 7) is 11.4. The highest BCUT2D eigenvalue weighted by Gasteiger charge is 2.18. The Bertz CT molecular complexity index is 751. The number of ether oxygens (including phenoxy) is 1. The van der Waals surface area contributed by atoms with Crippen LogP contribution in [0.3, 0.4) is 0 Å². The van der Waals surface area contributed by atoms with Crippen molar-refractivity contribution in [3.8, 4) is 0 Å². The number of morpholine rings is 1. The first-order chi connectivity index (χ1) is 13.0. The summed E-state index contributed by atoms with van der Waals surface area (Å²) < 4.78 is 7.11. The molecule has 1 saturated heterocycles. The molecule has 0 atom stereocenters. The van der Waals surface area contributed by atoms with Gasteiger partial charge in [-0.2, -0.15) is 5.10 Å². The van der Waals surface area contributed by atoms with Gasteiger partial charge in [-0.3, -0.25) is 19.7 Å². The maximum absolute atomic E-state index is 12.7. The fourth-order valence-electron chi connectivity index (χ4n) is 3.06.